The number of phenols is 1. The van der Waals surface area contributed by atoms with E-state index in [2.05, 4.69) is 20.8 Å². The Hall–Kier alpha value is -3.52. The SMILES string of the molecule is O=Cc1ccc(CN2CCN3c4ccccc4N(c4ccc(C(F)(F)F)cc4)CC3C2)cc1O. The molecule has 3 aromatic rings. The van der Waals surface area contributed by atoms with E-state index in [4.69, 9.17) is 0 Å². The maximum atomic E-state index is 13.1. The van der Waals surface area contributed by atoms with Gasteiger partial charge in [-0.25, -0.2) is 0 Å². The van der Waals surface area contributed by atoms with Gasteiger partial charge in [-0.05, 0) is 54.1 Å². The van der Waals surface area contributed by atoms with Crippen molar-refractivity contribution < 1.29 is 23.1 Å². The van der Waals surface area contributed by atoms with Crippen molar-refractivity contribution in [2.24, 2.45) is 0 Å². The van der Waals surface area contributed by atoms with Crippen LogP contribution >= 0.6 is 0 Å². The molecule has 1 N–H and O–H groups in total. The fourth-order valence-corrected chi connectivity index (χ4v) is 4.90. The molecule has 2 aliphatic heterocycles. The lowest BCUT2D eigenvalue weighted by Crippen LogP contribution is -2.59. The van der Waals surface area contributed by atoms with Crippen LogP contribution in [0.2, 0.25) is 0 Å². The van der Waals surface area contributed by atoms with Crippen molar-refractivity contribution in [3.63, 3.8) is 0 Å². The van der Waals surface area contributed by atoms with E-state index in [0.717, 1.165) is 54.4 Å². The van der Waals surface area contributed by atoms with E-state index in [0.29, 0.717) is 19.4 Å². The number of aromatic hydroxyl groups is 1. The summed E-state index contributed by atoms with van der Waals surface area (Å²) in [5, 5.41) is 10.0. The highest BCUT2D eigenvalue weighted by atomic mass is 19.4. The lowest BCUT2D eigenvalue weighted by Gasteiger charge is -2.49. The highest BCUT2D eigenvalue weighted by Crippen LogP contribution is 2.41. The van der Waals surface area contributed by atoms with Gasteiger partial charge in [0.25, 0.3) is 0 Å². The number of carbonyl (C=O) groups excluding carboxylic acids is 1. The van der Waals surface area contributed by atoms with Crippen LogP contribution in [0.15, 0.2) is 66.7 Å². The van der Waals surface area contributed by atoms with E-state index < -0.39 is 11.7 Å². The Bertz CT molecular complexity index is 1200. The first-order valence-corrected chi connectivity index (χ1v) is 11.1. The van der Waals surface area contributed by atoms with Crippen molar-refractivity contribution in [2.45, 2.75) is 18.8 Å². The average Bonchev–Trinajstić information content (AvgIpc) is 2.83. The van der Waals surface area contributed by atoms with Crippen molar-refractivity contribution >= 4 is 23.3 Å². The quantitative estimate of drug-likeness (QED) is 0.543. The molecule has 5 nitrogen and oxygen atoms in total. The third-order valence-electron chi connectivity index (χ3n) is 6.58. The van der Waals surface area contributed by atoms with Crippen LogP contribution in [-0.4, -0.2) is 48.5 Å². The van der Waals surface area contributed by atoms with Crippen molar-refractivity contribution in [3.05, 3.63) is 83.4 Å². The van der Waals surface area contributed by atoms with Gasteiger partial charge < -0.3 is 14.9 Å². The first-order valence-electron chi connectivity index (χ1n) is 11.1. The summed E-state index contributed by atoms with van der Waals surface area (Å²) in [5.41, 5.74) is 3.33. The fraction of sp³-hybridized carbons (Fsp3) is 0.269. The molecule has 0 aromatic heterocycles. The minimum Gasteiger partial charge on any atom is -0.507 e. The van der Waals surface area contributed by atoms with Crippen molar-refractivity contribution in [2.75, 3.05) is 36.0 Å². The van der Waals surface area contributed by atoms with E-state index in [1.54, 1.807) is 12.1 Å². The Kier molecular flexibility index (Phi) is 5.69. The summed E-state index contributed by atoms with van der Waals surface area (Å²) in [6.07, 6.45) is -3.73. The van der Waals surface area contributed by atoms with E-state index in [-0.39, 0.29) is 17.4 Å². The van der Waals surface area contributed by atoms with Crippen molar-refractivity contribution in [3.8, 4) is 5.75 Å². The van der Waals surface area contributed by atoms with Crippen molar-refractivity contribution in [1.29, 1.82) is 0 Å². The fourth-order valence-electron chi connectivity index (χ4n) is 4.90. The van der Waals surface area contributed by atoms with Crippen LogP contribution in [0.25, 0.3) is 0 Å². The van der Waals surface area contributed by atoms with Crippen molar-refractivity contribution in [1.82, 2.24) is 4.90 Å². The minimum absolute atomic E-state index is 0.0220. The van der Waals surface area contributed by atoms with E-state index in [1.807, 2.05) is 24.3 Å². The van der Waals surface area contributed by atoms with Crippen LogP contribution < -0.4 is 9.80 Å². The Morgan fingerprint density at radius 3 is 2.35 bits per heavy atom. The molecule has 1 atom stereocenters. The number of fused-ring (bicyclic) bond motifs is 3. The van der Waals surface area contributed by atoms with Gasteiger partial charge in [0.15, 0.2) is 6.29 Å². The molecule has 34 heavy (non-hydrogen) atoms. The maximum absolute atomic E-state index is 13.1. The van der Waals surface area contributed by atoms with Gasteiger partial charge in [0.05, 0.1) is 28.5 Å². The topological polar surface area (TPSA) is 47.0 Å². The number of hydrogen-bond acceptors (Lipinski definition) is 5. The summed E-state index contributed by atoms with van der Waals surface area (Å²) >= 11 is 0. The number of anilines is 3. The van der Waals surface area contributed by atoms with Gasteiger partial charge in [-0.1, -0.05) is 18.2 Å². The molecule has 0 bridgehead atoms. The number of benzene rings is 3. The second kappa shape index (κ2) is 8.68. The third-order valence-corrected chi connectivity index (χ3v) is 6.58. The number of nitrogens with zero attached hydrogens (tertiary/aromatic N) is 3. The summed E-state index contributed by atoms with van der Waals surface area (Å²) in [6.45, 7) is 3.71. The zero-order valence-corrected chi connectivity index (χ0v) is 18.4. The number of phenolic OH excluding ortho intramolecular Hbond substituents is 1. The summed E-state index contributed by atoms with van der Waals surface area (Å²) < 4.78 is 39.2. The molecule has 3 aromatic carbocycles. The molecule has 0 amide bonds. The third kappa shape index (κ3) is 4.21. The van der Waals surface area contributed by atoms with Gasteiger partial charge >= 0.3 is 6.18 Å². The number of piperazine rings is 1. The summed E-state index contributed by atoms with van der Waals surface area (Å²) in [5.74, 6) is -0.0220. The standard InChI is InChI=1S/C26H24F3N3O2/c27-26(28,29)20-7-9-21(10-8-20)32-16-22-15-30(14-18-5-6-19(17-33)25(34)13-18)11-12-31(22)23-3-1-2-4-24(23)32/h1-10,13,17,22,34H,11-12,14-16H2. The van der Waals surface area contributed by atoms with Crippen LogP contribution in [0.1, 0.15) is 21.5 Å². The molecule has 0 radical (unpaired) electrons. The average molecular weight is 467 g/mol. The smallest absolute Gasteiger partial charge is 0.416 e. The predicted molar refractivity (Wildman–Crippen MR) is 125 cm³/mol. The zero-order valence-electron chi connectivity index (χ0n) is 18.4. The predicted octanol–water partition coefficient (Wildman–Crippen LogP) is 5.07. The zero-order chi connectivity index (χ0) is 23.9. The summed E-state index contributed by atoms with van der Waals surface area (Å²) in [4.78, 5) is 17.7. The molecule has 1 fully saturated rings. The highest BCUT2D eigenvalue weighted by molar-refractivity contribution is 5.80. The molecule has 8 heteroatoms. The number of aldehydes is 1. The lowest BCUT2D eigenvalue weighted by molar-refractivity contribution is -0.137. The van der Waals surface area contributed by atoms with Crippen LogP contribution in [-0.2, 0) is 12.7 Å². The molecule has 1 unspecified atom stereocenters. The number of para-hydroxylation sites is 2. The van der Waals surface area contributed by atoms with E-state index in [1.165, 1.54) is 12.1 Å². The molecule has 0 saturated carbocycles. The Balaban J connectivity index is 1.39. The molecule has 5 rings (SSSR count). The molecule has 0 spiro atoms. The van der Waals surface area contributed by atoms with E-state index >= 15 is 0 Å². The molecule has 2 heterocycles. The monoisotopic (exact) mass is 467 g/mol. The summed E-state index contributed by atoms with van der Waals surface area (Å²) in [6, 6.07) is 18.6. The maximum Gasteiger partial charge on any atom is 0.416 e. The van der Waals surface area contributed by atoms with Gasteiger partial charge in [0, 0.05) is 38.4 Å². The molecular weight excluding hydrogens is 443 g/mol. The van der Waals surface area contributed by atoms with Gasteiger partial charge in [-0.15, -0.1) is 0 Å². The van der Waals surface area contributed by atoms with Gasteiger partial charge in [0.1, 0.15) is 5.75 Å². The Labute approximate surface area is 195 Å². The molecule has 2 aliphatic rings. The number of alkyl halides is 3. The van der Waals surface area contributed by atoms with Gasteiger partial charge in [0.2, 0.25) is 0 Å². The normalized spacial score (nSPS) is 18.4. The molecular formula is C26H24F3N3O2. The number of halogens is 3. The highest BCUT2D eigenvalue weighted by Gasteiger charge is 2.36. The number of rotatable bonds is 4. The molecule has 0 aliphatic carbocycles. The largest absolute Gasteiger partial charge is 0.507 e. The molecule has 176 valence electrons. The van der Waals surface area contributed by atoms with Crippen LogP contribution in [0, 0.1) is 0 Å². The Morgan fingerprint density at radius 1 is 0.941 bits per heavy atom. The number of carbonyl (C=O) groups is 1. The van der Waals surface area contributed by atoms with Crippen LogP contribution in [0.5, 0.6) is 5.75 Å². The van der Waals surface area contributed by atoms with Gasteiger partial charge in [-0.2, -0.15) is 13.2 Å². The van der Waals surface area contributed by atoms with Crippen LogP contribution in [0.3, 0.4) is 0 Å². The Morgan fingerprint density at radius 2 is 1.68 bits per heavy atom. The summed E-state index contributed by atoms with van der Waals surface area (Å²) in [7, 11) is 0. The second-order valence-corrected chi connectivity index (χ2v) is 8.74. The first-order chi connectivity index (χ1) is 16.3. The second-order valence-electron chi connectivity index (χ2n) is 8.74. The lowest BCUT2D eigenvalue weighted by atomic mass is 10.0. The van der Waals surface area contributed by atoms with Crippen LogP contribution in [0.4, 0.5) is 30.2 Å². The van der Waals surface area contributed by atoms with Gasteiger partial charge in [-0.3, -0.25) is 9.69 Å². The van der Waals surface area contributed by atoms with E-state index in [9.17, 15) is 23.1 Å². The first kappa shape index (κ1) is 22.3. The molecule has 1 saturated heterocycles. The minimum atomic E-state index is -4.36. The number of hydrogen-bond donors (Lipinski definition) is 1.